The van der Waals surface area contributed by atoms with Gasteiger partial charge in [0.25, 0.3) is 0 Å². The molecule has 1 heterocycles. The van der Waals surface area contributed by atoms with Gasteiger partial charge in [-0.05, 0) is 37.3 Å². The van der Waals surface area contributed by atoms with E-state index in [1.807, 2.05) is 13.0 Å². The molecule has 1 aromatic heterocycles. The van der Waals surface area contributed by atoms with Gasteiger partial charge in [-0.15, -0.1) is 11.3 Å². The molecule has 0 unspecified atom stereocenters. The zero-order valence-corrected chi connectivity index (χ0v) is 11.2. The lowest BCUT2D eigenvalue weighted by Gasteiger charge is -2.05. The van der Waals surface area contributed by atoms with Gasteiger partial charge >= 0.3 is 0 Å². The minimum atomic E-state index is -0.523. The highest BCUT2D eigenvalue weighted by molar-refractivity contribution is 7.14. The first kappa shape index (κ1) is 13.3. The molecule has 2 aromatic rings. The smallest absolute Gasteiger partial charge is 0.248 e. The molecule has 5 heteroatoms. The van der Waals surface area contributed by atoms with Crippen LogP contribution in [0.1, 0.15) is 24.9 Å². The molecule has 1 aromatic carbocycles. The maximum atomic E-state index is 11.8. The quantitative estimate of drug-likeness (QED) is 0.852. The number of aryl methyl sites for hydroxylation is 1. The SMILES string of the molecule is Cc1ccc(C(=O)COc2cccc(C(N)=O)c2)s1. The molecule has 0 aliphatic heterocycles. The predicted molar refractivity (Wildman–Crippen MR) is 73.8 cm³/mol. The van der Waals surface area contributed by atoms with E-state index >= 15 is 0 Å². The lowest BCUT2D eigenvalue weighted by molar-refractivity contribution is 0.0925. The van der Waals surface area contributed by atoms with Gasteiger partial charge in [-0.3, -0.25) is 9.59 Å². The summed E-state index contributed by atoms with van der Waals surface area (Å²) in [5.74, 6) is -0.147. The molecule has 98 valence electrons. The van der Waals surface area contributed by atoms with Crippen LogP contribution in [0, 0.1) is 6.92 Å². The molecule has 4 nitrogen and oxygen atoms in total. The van der Waals surface area contributed by atoms with Crippen molar-refractivity contribution >= 4 is 23.0 Å². The third-order valence-corrected chi connectivity index (χ3v) is 3.55. The van der Waals surface area contributed by atoms with Crippen LogP contribution in [-0.2, 0) is 0 Å². The number of carbonyl (C=O) groups is 2. The summed E-state index contributed by atoms with van der Waals surface area (Å²) in [6.45, 7) is 1.89. The van der Waals surface area contributed by atoms with Gasteiger partial charge in [-0.1, -0.05) is 6.07 Å². The van der Waals surface area contributed by atoms with E-state index in [1.165, 1.54) is 17.4 Å². The summed E-state index contributed by atoms with van der Waals surface area (Å²) in [6.07, 6.45) is 0. The van der Waals surface area contributed by atoms with E-state index in [4.69, 9.17) is 10.5 Å². The van der Waals surface area contributed by atoms with Crippen molar-refractivity contribution < 1.29 is 14.3 Å². The normalized spacial score (nSPS) is 10.2. The number of hydrogen-bond acceptors (Lipinski definition) is 4. The Morgan fingerprint density at radius 3 is 2.68 bits per heavy atom. The molecule has 0 spiro atoms. The highest BCUT2D eigenvalue weighted by atomic mass is 32.1. The highest BCUT2D eigenvalue weighted by Crippen LogP contribution is 2.17. The highest BCUT2D eigenvalue weighted by Gasteiger charge is 2.09. The molecule has 0 saturated carbocycles. The van der Waals surface area contributed by atoms with Crippen LogP contribution in [0.2, 0.25) is 0 Å². The van der Waals surface area contributed by atoms with Crippen molar-refractivity contribution in [2.75, 3.05) is 6.61 Å². The number of Topliss-reactive ketones (excluding diaryl/α,β-unsaturated/α-hetero) is 1. The molecule has 0 fully saturated rings. The second-order valence-corrected chi connectivity index (χ2v) is 5.30. The number of rotatable bonds is 5. The minimum absolute atomic E-state index is 0.0534. The number of thiophene rings is 1. The minimum Gasteiger partial charge on any atom is -0.485 e. The number of carbonyl (C=O) groups excluding carboxylic acids is 2. The van der Waals surface area contributed by atoms with Crippen molar-refractivity contribution in [3.8, 4) is 5.75 Å². The van der Waals surface area contributed by atoms with Gasteiger partial charge in [-0.25, -0.2) is 0 Å². The topological polar surface area (TPSA) is 69.4 Å². The third-order valence-electron chi connectivity index (χ3n) is 2.50. The average Bonchev–Trinajstić information content (AvgIpc) is 2.83. The molecular formula is C14H13NO3S. The van der Waals surface area contributed by atoms with Crippen molar-refractivity contribution in [1.82, 2.24) is 0 Å². The van der Waals surface area contributed by atoms with Crippen molar-refractivity contribution in [1.29, 1.82) is 0 Å². The van der Waals surface area contributed by atoms with E-state index < -0.39 is 5.91 Å². The Morgan fingerprint density at radius 1 is 1.26 bits per heavy atom. The zero-order valence-electron chi connectivity index (χ0n) is 10.4. The van der Waals surface area contributed by atoms with Gasteiger partial charge in [0, 0.05) is 10.4 Å². The molecule has 1 amide bonds. The van der Waals surface area contributed by atoms with E-state index in [0.29, 0.717) is 16.2 Å². The maximum Gasteiger partial charge on any atom is 0.248 e. The Kier molecular flexibility index (Phi) is 3.97. The molecule has 0 aliphatic rings. The third kappa shape index (κ3) is 3.42. The molecule has 0 saturated heterocycles. The summed E-state index contributed by atoms with van der Waals surface area (Å²) >= 11 is 1.44. The van der Waals surface area contributed by atoms with E-state index in [-0.39, 0.29) is 12.4 Å². The zero-order chi connectivity index (χ0) is 13.8. The summed E-state index contributed by atoms with van der Waals surface area (Å²) in [7, 11) is 0. The van der Waals surface area contributed by atoms with E-state index in [2.05, 4.69) is 0 Å². The van der Waals surface area contributed by atoms with Gasteiger partial charge < -0.3 is 10.5 Å². The van der Waals surface area contributed by atoms with Crippen LogP contribution < -0.4 is 10.5 Å². The number of nitrogens with two attached hydrogens (primary N) is 1. The van der Waals surface area contributed by atoms with Crippen molar-refractivity contribution in [2.45, 2.75) is 6.92 Å². The maximum absolute atomic E-state index is 11.8. The van der Waals surface area contributed by atoms with Crippen LogP contribution in [0.25, 0.3) is 0 Å². The number of benzene rings is 1. The molecule has 0 aliphatic carbocycles. The molecule has 0 atom stereocenters. The van der Waals surface area contributed by atoms with Crippen LogP contribution in [-0.4, -0.2) is 18.3 Å². The van der Waals surface area contributed by atoms with Gasteiger partial charge in [0.1, 0.15) is 5.75 Å². The number of hydrogen-bond donors (Lipinski definition) is 1. The average molecular weight is 275 g/mol. The predicted octanol–water partition coefficient (Wildman–Crippen LogP) is 2.42. The van der Waals surface area contributed by atoms with Gasteiger partial charge in [-0.2, -0.15) is 0 Å². The summed E-state index contributed by atoms with van der Waals surface area (Å²) in [5, 5.41) is 0. The number of amides is 1. The number of primary amides is 1. The van der Waals surface area contributed by atoms with Crippen LogP contribution in [0.4, 0.5) is 0 Å². The van der Waals surface area contributed by atoms with Gasteiger partial charge in [0.15, 0.2) is 6.61 Å². The van der Waals surface area contributed by atoms with E-state index in [0.717, 1.165) is 4.88 Å². The second-order valence-electron chi connectivity index (χ2n) is 4.01. The fourth-order valence-electron chi connectivity index (χ4n) is 1.54. The largest absolute Gasteiger partial charge is 0.485 e. The van der Waals surface area contributed by atoms with Crippen LogP contribution in [0.3, 0.4) is 0 Å². The van der Waals surface area contributed by atoms with E-state index in [1.54, 1.807) is 24.3 Å². The standard InChI is InChI=1S/C14H13NO3S/c1-9-5-6-13(19-9)12(16)8-18-11-4-2-3-10(7-11)14(15)17/h2-7H,8H2,1H3,(H2,15,17). The Morgan fingerprint density at radius 2 is 2.05 bits per heavy atom. The van der Waals surface area contributed by atoms with E-state index in [9.17, 15) is 9.59 Å². The second kappa shape index (κ2) is 5.67. The molecule has 19 heavy (non-hydrogen) atoms. The Bertz CT molecular complexity index is 619. The molecule has 0 radical (unpaired) electrons. The molecule has 2 N–H and O–H groups in total. The van der Waals surface area contributed by atoms with Gasteiger partial charge in [0.2, 0.25) is 11.7 Å². The van der Waals surface area contributed by atoms with Crippen molar-refractivity contribution in [3.05, 3.63) is 51.7 Å². The Balaban J connectivity index is 2.01. The van der Waals surface area contributed by atoms with Crippen LogP contribution in [0.5, 0.6) is 5.75 Å². The van der Waals surface area contributed by atoms with Crippen molar-refractivity contribution in [2.24, 2.45) is 5.73 Å². The lowest BCUT2D eigenvalue weighted by atomic mass is 10.2. The first-order chi connectivity index (χ1) is 9.06. The summed E-state index contributed by atoms with van der Waals surface area (Å²) in [4.78, 5) is 24.6. The monoisotopic (exact) mass is 275 g/mol. The summed E-state index contributed by atoms with van der Waals surface area (Å²) < 4.78 is 5.37. The first-order valence-corrected chi connectivity index (χ1v) is 6.50. The van der Waals surface area contributed by atoms with Crippen LogP contribution in [0.15, 0.2) is 36.4 Å². The number of ketones is 1. The van der Waals surface area contributed by atoms with Gasteiger partial charge in [0.05, 0.1) is 4.88 Å². The summed E-state index contributed by atoms with van der Waals surface area (Å²) in [6, 6.07) is 10.1. The fraction of sp³-hybridized carbons (Fsp3) is 0.143. The first-order valence-electron chi connectivity index (χ1n) is 5.68. The van der Waals surface area contributed by atoms with Crippen molar-refractivity contribution in [3.63, 3.8) is 0 Å². The number of ether oxygens (including phenoxy) is 1. The Hall–Kier alpha value is -2.14. The molecule has 2 rings (SSSR count). The summed E-state index contributed by atoms with van der Waals surface area (Å²) in [5.41, 5.74) is 5.53. The molecular weight excluding hydrogens is 262 g/mol. The molecule has 0 bridgehead atoms. The van der Waals surface area contributed by atoms with Crippen LogP contribution >= 0.6 is 11.3 Å². The fourth-order valence-corrected chi connectivity index (χ4v) is 2.34. The Labute approximate surface area is 114 Å². The lowest BCUT2D eigenvalue weighted by Crippen LogP contribution is -2.12.